The Morgan fingerprint density at radius 2 is 2.29 bits per heavy atom. The normalized spacial score (nSPS) is 9.52. The van der Waals surface area contributed by atoms with E-state index in [1.165, 1.54) is 6.07 Å². The van der Waals surface area contributed by atoms with Gasteiger partial charge in [-0.1, -0.05) is 17.0 Å². The van der Waals surface area contributed by atoms with Gasteiger partial charge in [0.05, 0.1) is 16.5 Å². The summed E-state index contributed by atoms with van der Waals surface area (Å²) >= 11 is 0. The highest BCUT2D eigenvalue weighted by Gasteiger charge is 2.14. The van der Waals surface area contributed by atoms with Crippen molar-refractivity contribution in [3.8, 4) is 11.8 Å². The second-order valence-corrected chi connectivity index (χ2v) is 4.03. The summed E-state index contributed by atoms with van der Waals surface area (Å²) in [5.41, 5.74) is 8.04. The lowest BCUT2D eigenvalue weighted by Gasteiger charge is -1.98. The number of nitro groups is 1. The SMILES string of the molecule is [N-]=[N+]=NCCC#Cc1ccc2[nH]cc([N+](=O)[O-])c(=O)c2c1. The highest BCUT2D eigenvalue weighted by Crippen LogP contribution is 2.13. The largest absolute Gasteiger partial charge is 0.355 e. The van der Waals surface area contributed by atoms with Gasteiger partial charge in [-0.3, -0.25) is 14.9 Å². The van der Waals surface area contributed by atoms with Crippen molar-refractivity contribution in [1.29, 1.82) is 0 Å². The van der Waals surface area contributed by atoms with Crippen LogP contribution in [0.2, 0.25) is 0 Å². The number of H-pyrrole nitrogens is 1. The number of benzene rings is 1. The summed E-state index contributed by atoms with van der Waals surface area (Å²) in [6, 6.07) is 4.84. The van der Waals surface area contributed by atoms with Crippen LogP contribution >= 0.6 is 0 Å². The molecule has 0 atom stereocenters. The number of nitrogens with one attached hydrogen (secondary N) is 1. The molecule has 1 aromatic carbocycles. The standard InChI is InChI=1S/C13H9N5O3/c14-17-16-6-2-1-3-9-4-5-11-10(7-9)13(19)12(8-15-11)18(20)21/h4-5,7-8H,2,6H2,(H,15,19). The molecule has 0 unspecified atom stereocenters. The Morgan fingerprint density at radius 3 is 3.00 bits per heavy atom. The Kier molecular flexibility index (Phi) is 4.19. The first kappa shape index (κ1) is 14.1. The predicted molar refractivity (Wildman–Crippen MR) is 76.7 cm³/mol. The maximum Gasteiger partial charge on any atom is 0.332 e. The molecule has 0 radical (unpaired) electrons. The average Bonchev–Trinajstić information content (AvgIpc) is 2.47. The molecular formula is C13H9N5O3. The molecule has 1 heterocycles. The fourth-order valence-corrected chi connectivity index (χ4v) is 1.74. The van der Waals surface area contributed by atoms with Gasteiger partial charge in [0, 0.05) is 29.0 Å². The molecule has 8 nitrogen and oxygen atoms in total. The fraction of sp³-hybridized carbons (Fsp3) is 0.154. The van der Waals surface area contributed by atoms with Crippen molar-refractivity contribution >= 4 is 16.6 Å². The van der Waals surface area contributed by atoms with Crippen molar-refractivity contribution in [2.45, 2.75) is 6.42 Å². The summed E-state index contributed by atoms with van der Waals surface area (Å²) in [4.78, 5) is 27.3. The van der Waals surface area contributed by atoms with Crippen molar-refractivity contribution in [2.24, 2.45) is 5.11 Å². The highest BCUT2D eigenvalue weighted by molar-refractivity contribution is 5.81. The van der Waals surface area contributed by atoms with Crippen molar-refractivity contribution in [2.75, 3.05) is 6.54 Å². The predicted octanol–water partition coefficient (Wildman–Crippen LogP) is 2.49. The molecule has 0 amide bonds. The molecule has 104 valence electrons. The molecular weight excluding hydrogens is 274 g/mol. The molecule has 0 aliphatic carbocycles. The Bertz CT molecular complexity index is 869. The molecule has 0 spiro atoms. The lowest BCUT2D eigenvalue weighted by molar-refractivity contribution is -0.386. The van der Waals surface area contributed by atoms with E-state index in [2.05, 4.69) is 26.9 Å². The van der Waals surface area contributed by atoms with E-state index < -0.39 is 16.0 Å². The Balaban J connectivity index is 2.40. The summed E-state index contributed by atoms with van der Waals surface area (Å²) in [6.07, 6.45) is 1.48. The highest BCUT2D eigenvalue weighted by atomic mass is 16.6. The van der Waals surface area contributed by atoms with Crippen LogP contribution in [-0.4, -0.2) is 16.5 Å². The zero-order chi connectivity index (χ0) is 15.2. The van der Waals surface area contributed by atoms with Gasteiger partial charge in [0.2, 0.25) is 0 Å². The number of pyridine rings is 1. The molecule has 2 aromatic rings. The van der Waals surface area contributed by atoms with Gasteiger partial charge in [-0.25, -0.2) is 0 Å². The van der Waals surface area contributed by atoms with Crippen LogP contribution in [0.4, 0.5) is 5.69 Å². The van der Waals surface area contributed by atoms with E-state index in [-0.39, 0.29) is 11.9 Å². The van der Waals surface area contributed by atoms with E-state index >= 15 is 0 Å². The van der Waals surface area contributed by atoms with E-state index in [1.807, 2.05) is 0 Å². The van der Waals surface area contributed by atoms with Crippen molar-refractivity contribution in [1.82, 2.24) is 4.98 Å². The van der Waals surface area contributed by atoms with Crippen molar-refractivity contribution < 1.29 is 4.92 Å². The summed E-state index contributed by atoms with van der Waals surface area (Å²) in [5.74, 6) is 5.61. The lowest BCUT2D eigenvalue weighted by atomic mass is 10.1. The molecule has 21 heavy (non-hydrogen) atoms. The molecule has 2 rings (SSSR count). The third-order valence-corrected chi connectivity index (χ3v) is 2.69. The van der Waals surface area contributed by atoms with Gasteiger partial charge in [-0.05, 0) is 23.7 Å². The zero-order valence-electron chi connectivity index (χ0n) is 10.7. The van der Waals surface area contributed by atoms with E-state index in [4.69, 9.17) is 5.53 Å². The van der Waals surface area contributed by atoms with Gasteiger partial charge < -0.3 is 4.98 Å². The number of fused-ring (bicyclic) bond motifs is 1. The van der Waals surface area contributed by atoms with Crippen LogP contribution in [0.5, 0.6) is 0 Å². The van der Waals surface area contributed by atoms with E-state index in [1.54, 1.807) is 12.1 Å². The number of rotatable bonds is 3. The minimum absolute atomic E-state index is 0.214. The first-order chi connectivity index (χ1) is 10.1. The third kappa shape index (κ3) is 3.18. The van der Waals surface area contributed by atoms with Gasteiger partial charge in [0.25, 0.3) is 5.43 Å². The molecule has 0 saturated carbocycles. The number of aromatic amines is 1. The van der Waals surface area contributed by atoms with Crippen molar-refractivity contribution in [3.05, 3.63) is 60.7 Å². The summed E-state index contributed by atoms with van der Waals surface area (Å²) in [7, 11) is 0. The molecule has 8 heteroatoms. The Morgan fingerprint density at radius 1 is 1.48 bits per heavy atom. The number of aromatic nitrogens is 1. The number of hydrogen-bond acceptors (Lipinski definition) is 4. The maximum absolute atomic E-state index is 12.0. The first-order valence-electron chi connectivity index (χ1n) is 5.93. The molecule has 0 aliphatic rings. The van der Waals surface area contributed by atoms with Crippen LogP contribution in [-0.2, 0) is 0 Å². The lowest BCUT2D eigenvalue weighted by Crippen LogP contribution is -2.09. The van der Waals surface area contributed by atoms with Gasteiger partial charge in [-0.15, -0.1) is 0 Å². The monoisotopic (exact) mass is 283 g/mol. The van der Waals surface area contributed by atoms with Crippen LogP contribution < -0.4 is 5.43 Å². The minimum atomic E-state index is -0.726. The zero-order valence-corrected chi connectivity index (χ0v) is 10.7. The van der Waals surface area contributed by atoms with Crippen LogP contribution in [0.3, 0.4) is 0 Å². The second-order valence-electron chi connectivity index (χ2n) is 4.03. The fourth-order valence-electron chi connectivity index (χ4n) is 1.74. The summed E-state index contributed by atoms with van der Waals surface area (Å²) < 4.78 is 0. The smallest absolute Gasteiger partial charge is 0.332 e. The second kappa shape index (κ2) is 6.23. The van der Waals surface area contributed by atoms with E-state index in [0.29, 0.717) is 17.5 Å². The first-order valence-corrected chi connectivity index (χ1v) is 5.93. The maximum atomic E-state index is 12.0. The molecule has 0 fully saturated rings. The molecule has 0 aliphatic heterocycles. The number of hydrogen-bond donors (Lipinski definition) is 1. The van der Waals surface area contributed by atoms with E-state index in [9.17, 15) is 14.9 Å². The molecule has 0 saturated heterocycles. The van der Waals surface area contributed by atoms with E-state index in [0.717, 1.165) is 6.20 Å². The van der Waals surface area contributed by atoms with Crippen LogP contribution in [0.1, 0.15) is 12.0 Å². The quantitative estimate of drug-likeness (QED) is 0.177. The molecule has 0 bridgehead atoms. The van der Waals surface area contributed by atoms with Crippen molar-refractivity contribution in [3.63, 3.8) is 0 Å². The summed E-state index contributed by atoms with van der Waals surface area (Å²) in [6.45, 7) is 0.267. The third-order valence-electron chi connectivity index (χ3n) is 2.69. The Hall–Kier alpha value is -3.30. The number of azide groups is 1. The Labute approximate surface area is 118 Å². The molecule has 1 aromatic heterocycles. The number of nitrogens with zero attached hydrogens (tertiary/aromatic N) is 4. The van der Waals surface area contributed by atoms with Gasteiger partial charge in [0.1, 0.15) is 0 Å². The topological polar surface area (TPSA) is 125 Å². The van der Waals surface area contributed by atoms with Crippen LogP contribution in [0.25, 0.3) is 21.3 Å². The average molecular weight is 283 g/mol. The van der Waals surface area contributed by atoms with Gasteiger partial charge in [-0.2, -0.15) is 0 Å². The minimum Gasteiger partial charge on any atom is -0.355 e. The van der Waals surface area contributed by atoms with Gasteiger partial charge in [0.15, 0.2) is 0 Å². The molecule has 1 N–H and O–H groups in total. The van der Waals surface area contributed by atoms with Crippen LogP contribution in [0.15, 0.2) is 34.3 Å². The van der Waals surface area contributed by atoms with Gasteiger partial charge >= 0.3 is 5.69 Å². The summed E-state index contributed by atoms with van der Waals surface area (Å²) in [5, 5.41) is 14.3. The van der Waals surface area contributed by atoms with Crippen LogP contribution in [0, 0.1) is 22.0 Å².